The summed E-state index contributed by atoms with van der Waals surface area (Å²) in [7, 11) is 4.65. The third-order valence-corrected chi connectivity index (χ3v) is 14.8. The van der Waals surface area contributed by atoms with Crippen molar-refractivity contribution < 1.29 is 57.2 Å². The highest BCUT2D eigenvalue weighted by Gasteiger charge is 2.53. The molecule has 0 aromatic heterocycles. The van der Waals surface area contributed by atoms with Crippen LogP contribution in [0.3, 0.4) is 0 Å². The van der Waals surface area contributed by atoms with Crippen molar-refractivity contribution in [3.63, 3.8) is 0 Å². The van der Waals surface area contributed by atoms with Gasteiger partial charge >= 0.3 is 0 Å². The molecular formula is C66H84N8O12. The number of methoxy groups -OCH3 is 3. The first-order valence-corrected chi connectivity index (χ1v) is 29.2. The number of imide groups is 1. The summed E-state index contributed by atoms with van der Waals surface area (Å²) in [4.78, 5) is 105. The molecule has 460 valence electrons. The fourth-order valence-electron chi connectivity index (χ4n) is 10.1. The van der Waals surface area contributed by atoms with Gasteiger partial charge in [-0.1, -0.05) is 86.1 Å². The first-order chi connectivity index (χ1) is 40.9. The number of nitrogens with one attached hydrogen (secondary N) is 3. The average molecular weight is 1180 g/mol. The smallest absolute Gasteiger partial charge is 0.260 e. The molecule has 5 heterocycles. The van der Waals surface area contributed by atoms with Crippen LogP contribution in [-0.4, -0.2) is 134 Å². The molecule has 0 saturated carbocycles. The van der Waals surface area contributed by atoms with Crippen LogP contribution in [0.2, 0.25) is 0 Å². The van der Waals surface area contributed by atoms with Crippen LogP contribution in [0.5, 0.6) is 28.7 Å². The van der Waals surface area contributed by atoms with E-state index in [0.29, 0.717) is 96.3 Å². The van der Waals surface area contributed by atoms with E-state index in [2.05, 4.69) is 29.8 Å². The van der Waals surface area contributed by atoms with Gasteiger partial charge in [0.15, 0.2) is 23.0 Å². The van der Waals surface area contributed by atoms with Crippen LogP contribution in [0, 0.1) is 11.3 Å². The van der Waals surface area contributed by atoms with Gasteiger partial charge in [0.2, 0.25) is 29.5 Å². The Morgan fingerprint density at radius 1 is 0.651 bits per heavy atom. The van der Waals surface area contributed by atoms with E-state index in [0.717, 1.165) is 28.0 Å². The fourth-order valence-corrected chi connectivity index (χ4v) is 10.1. The number of amides is 7. The quantitative estimate of drug-likeness (QED) is 0.0357. The highest BCUT2D eigenvalue weighted by Crippen LogP contribution is 2.42. The Balaban J connectivity index is 0.00000191. The Kier molecular flexibility index (Phi) is 23.4. The molecule has 0 aliphatic carbocycles. The van der Waals surface area contributed by atoms with Crippen LogP contribution < -0.4 is 39.6 Å². The van der Waals surface area contributed by atoms with Crippen molar-refractivity contribution in [2.75, 3.05) is 52.9 Å². The number of β-lactam (4-membered cyclic amide) rings is 2. The van der Waals surface area contributed by atoms with Gasteiger partial charge in [-0.2, -0.15) is 0 Å². The Labute approximate surface area is 505 Å². The highest BCUT2D eigenvalue weighted by molar-refractivity contribution is 6.21. The van der Waals surface area contributed by atoms with Crippen LogP contribution in [0.1, 0.15) is 146 Å². The molecule has 9 rings (SSSR count). The first-order valence-electron chi connectivity index (χ1n) is 29.2. The molecule has 20 heteroatoms. The number of nitrogens with zero attached hydrogens (tertiary/aromatic N) is 5. The highest BCUT2D eigenvalue weighted by atomic mass is 16.5. The van der Waals surface area contributed by atoms with Crippen molar-refractivity contribution >= 4 is 82.0 Å². The molecule has 5 aliphatic rings. The van der Waals surface area contributed by atoms with Gasteiger partial charge in [-0.25, -0.2) is 0 Å². The summed E-state index contributed by atoms with van der Waals surface area (Å²) in [5.74, 6) is 0.0645. The molecule has 7 amide bonds. The van der Waals surface area contributed by atoms with E-state index in [1.807, 2.05) is 62.6 Å². The van der Waals surface area contributed by atoms with Crippen molar-refractivity contribution in [2.24, 2.45) is 21.3 Å². The second-order valence-corrected chi connectivity index (χ2v) is 21.7. The molecule has 1 saturated heterocycles. The summed E-state index contributed by atoms with van der Waals surface area (Å²) in [5.41, 5.74) is 5.00. The molecule has 0 radical (unpaired) electrons. The number of likely N-dealkylation sites (tertiary alicyclic amines) is 1. The van der Waals surface area contributed by atoms with Crippen LogP contribution in [-0.2, 0) is 24.0 Å². The maximum Gasteiger partial charge on any atom is 0.260 e. The van der Waals surface area contributed by atoms with E-state index < -0.39 is 23.3 Å². The average Bonchev–Trinajstić information content (AvgIpc) is 0.929. The molecule has 3 unspecified atom stereocenters. The van der Waals surface area contributed by atoms with E-state index in [1.54, 1.807) is 93.4 Å². The van der Waals surface area contributed by atoms with Gasteiger partial charge in [0.1, 0.15) is 17.2 Å². The number of fused-ring (bicyclic) bond motifs is 4. The van der Waals surface area contributed by atoms with Crippen LogP contribution in [0.15, 0.2) is 95.2 Å². The summed E-state index contributed by atoms with van der Waals surface area (Å²) in [6.07, 6.45) is 12.0. The number of carbonyl (C=O) groups excluding carboxylic acids is 7. The van der Waals surface area contributed by atoms with Crippen molar-refractivity contribution in [1.29, 1.82) is 0 Å². The normalized spacial score (nSPS) is 17.0. The first kappa shape index (κ1) is 66.3. The van der Waals surface area contributed by atoms with Crippen LogP contribution >= 0.6 is 0 Å². The molecule has 3 atom stereocenters. The molecule has 20 nitrogen and oxygen atoms in total. The zero-order chi connectivity index (χ0) is 61.5. The van der Waals surface area contributed by atoms with E-state index in [1.165, 1.54) is 25.5 Å². The standard InChI is InChI=1S/C60H66N8O12.C3H8.C2H6.CH4/c1-35(2)54(65-52(69)12-9-8-10-21-66-58(74)60(3,4)59(66)75)55(71)63-32-53(70)64-40-17-13-36(14-18-40)38-24-41-30-61-46-28-50(48(77-6)26-44(46)56(72)67(41)33-38)79-22-11-23-80-51-29-47-45(27-49(51)78-7)57(73)68-34-39(25-42(68)31-62-47)37-15-19-43(76-5)20-16-37;1-3-2;1-2;/h13-20,26-31,33-35,41-42,54H,8-12,21-25,32H2,1-7H3,(H,63,71)(H,64,70)(H,65,69);3H2,1-2H3;1-2H3;1H4. The third-order valence-electron chi connectivity index (χ3n) is 14.8. The Hall–Kier alpha value is -8.81. The molecule has 86 heavy (non-hydrogen) atoms. The number of ether oxygens (including phenoxy) is 5. The molecule has 4 aromatic carbocycles. The van der Waals surface area contributed by atoms with E-state index >= 15 is 0 Å². The van der Waals surface area contributed by atoms with Crippen molar-refractivity contribution in [3.8, 4) is 28.7 Å². The van der Waals surface area contributed by atoms with E-state index in [-0.39, 0.29) is 81.1 Å². The second kappa shape index (κ2) is 30.3. The summed E-state index contributed by atoms with van der Waals surface area (Å²) < 4.78 is 29.0. The molecule has 1 fully saturated rings. The number of anilines is 1. The number of rotatable bonds is 23. The fraction of sp³-hybridized carbons (Fsp3) is 0.439. The molecular weight excluding hydrogens is 1100 g/mol. The summed E-state index contributed by atoms with van der Waals surface area (Å²) in [6.45, 7) is 15.6. The van der Waals surface area contributed by atoms with Crippen molar-refractivity contribution in [1.82, 2.24) is 25.3 Å². The monoisotopic (exact) mass is 1180 g/mol. The predicted octanol–water partition coefficient (Wildman–Crippen LogP) is 10.7. The van der Waals surface area contributed by atoms with Gasteiger partial charge in [0.05, 0.1) is 75.7 Å². The summed E-state index contributed by atoms with van der Waals surface area (Å²) in [5, 5.41) is 8.19. The minimum atomic E-state index is -0.955. The molecule has 5 aliphatic heterocycles. The van der Waals surface area contributed by atoms with Gasteiger partial charge in [-0.05, 0) is 91.3 Å². The molecule has 0 bridgehead atoms. The zero-order valence-corrected chi connectivity index (χ0v) is 50.7. The summed E-state index contributed by atoms with van der Waals surface area (Å²) in [6, 6.07) is 20.2. The number of unbranched alkanes of at least 4 members (excludes halogenated alkanes) is 2. The minimum Gasteiger partial charge on any atom is -0.497 e. The topological polar surface area (TPSA) is 236 Å². The summed E-state index contributed by atoms with van der Waals surface area (Å²) >= 11 is 0. The zero-order valence-electron chi connectivity index (χ0n) is 50.7. The molecule has 0 spiro atoms. The van der Waals surface area contributed by atoms with Gasteiger partial charge in [0.25, 0.3) is 11.8 Å². The Morgan fingerprint density at radius 2 is 1.14 bits per heavy atom. The lowest BCUT2D eigenvalue weighted by Crippen LogP contribution is -2.63. The van der Waals surface area contributed by atoms with Crippen LogP contribution in [0.25, 0.3) is 11.1 Å². The SMILES string of the molecule is C.CC.CCC.COc1ccc(C2=CN3C(=O)c4cc(OC)c(OCCCOc5cc6c(cc5OC)C(=O)N5C=C(c7ccc(NC(=O)CNC(=O)C(NC(=O)CCCCCN8C(=O)C(C)(C)C8=O)C(C)C)cc7)CC5C=N6)cc4N=CC3C2)cc1. The number of hydrogen-bond acceptors (Lipinski definition) is 14. The molecule has 3 N–H and O–H groups in total. The van der Waals surface area contributed by atoms with Gasteiger partial charge in [-0.3, -0.25) is 48.4 Å². The van der Waals surface area contributed by atoms with E-state index in [4.69, 9.17) is 33.7 Å². The number of hydrogen-bond donors (Lipinski definition) is 3. The van der Waals surface area contributed by atoms with Crippen molar-refractivity contribution in [2.45, 2.75) is 132 Å². The van der Waals surface area contributed by atoms with Gasteiger partial charge in [-0.15, -0.1) is 0 Å². The lowest BCUT2D eigenvalue weighted by molar-refractivity contribution is -0.174. The largest absolute Gasteiger partial charge is 0.497 e. The maximum atomic E-state index is 14.1. The van der Waals surface area contributed by atoms with E-state index in [9.17, 15) is 33.6 Å². The number of carbonyl (C=O) groups is 7. The predicted molar refractivity (Wildman–Crippen MR) is 334 cm³/mol. The lowest BCUT2D eigenvalue weighted by atomic mass is 9.82. The number of aliphatic imine (C=N–C) groups is 2. The van der Waals surface area contributed by atoms with Gasteiger partial charge in [0, 0.05) is 74.9 Å². The number of benzene rings is 4. The van der Waals surface area contributed by atoms with Crippen LogP contribution in [0.4, 0.5) is 17.1 Å². The maximum absolute atomic E-state index is 14.1. The Morgan fingerprint density at radius 3 is 1.60 bits per heavy atom. The minimum absolute atomic E-state index is 0. The second-order valence-electron chi connectivity index (χ2n) is 21.7. The Bertz CT molecular complexity index is 3220. The van der Waals surface area contributed by atoms with Gasteiger partial charge < -0.3 is 49.4 Å². The molecule has 4 aromatic rings. The van der Waals surface area contributed by atoms with Crippen molar-refractivity contribution in [3.05, 3.63) is 107 Å². The third kappa shape index (κ3) is 15.4. The lowest BCUT2D eigenvalue weighted by Gasteiger charge is -2.41.